The van der Waals surface area contributed by atoms with Gasteiger partial charge in [0, 0.05) is 5.41 Å². The van der Waals surface area contributed by atoms with Crippen molar-refractivity contribution >= 4 is 33.4 Å². The van der Waals surface area contributed by atoms with Gasteiger partial charge in [0.15, 0.2) is 6.61 Å². The average molecular weight is 614 g/mol. The number of carbonyl (C=O) groups excluding carboxylic acids is 1. The third-order valence-electron chi connectivity index (χ3n) is 11.7. The van der Waals surface area contributed by atoms with Crippen molar-refractivity contribution in [1.29, 1.82) is 0 Å². The Morgan fingerprint density at radius 1 is 1.16 bits per heavy atom. The summed E-state index contributed by atoms with van der Waals surface area (Å²) in [5, 5.41) is 29.1. The first kappa shape index (κ1) is 28.1. The van der Waals surface area contributed by atoms with E-state index >= 15 is 0 Å². The number of nitrogens with zero attached hydrogens (tertiary/aromatic N) is 3. The first-order valence-corrected chi connectivity index (χ1v) is 16.4. The Morgan fingerprint density at radius 3 is 2.75 bits per heavy atom. The van der Waals surface area contributed by atoms with Crippen molar-refractivity contribution in [2.45, 2.75) is 64.1 Å². The van der Waals surface area contributed by atoms with Crippen molar-refractivity contribution in [3.63, 3.8) is 0 Å². The summed E-state index contributed by atoms with van der Waals surface area (Å²) in [4.78, 5) is 18.2. The normalized spacial score (nSPS) is 34.1. The minimum Gasteiger partial charge on any atom is -0.462 e. The van der Waals surface area contributed by atoms with Crippen LogP contribution < -0.4 is 4.74 Å². The molecule has 0 radical (unpaired) electrons. The molecule has 0 aliphatic heterocycles. The van der Waals surface area contributed by atoms with Crippen LogP contribution in [0, 0.1) is 34.4 Å². The Hall–Kier alpha value is -3.40. The third-order valence-corrected chi connectivity index (χ3v) is 12.7. The van der Waals surface area contributed by atoms with Gasteiger partial charge in [-0.3, -0.25) is 4.79 Å². The van der Waals surface area contributed by atoms with Crippen LogP contribution in [0.3, 0.4) is 0 Å². The molecule has 2 aromatic heterocycles. The van der Waals surface area contributed by atoms with Crippen molar-refractivity contribution in [2.24, 2.45) is 28.6 Å². The van der Waals surface area contributed by atoms with Gasteiger partial charge in [-0.15, -0.1) is 0 Å². The van der Waals surface area contributed by atoms with E-state index in [9.17, 15) is 19.4 Å². The molecule has 3 saturated carbocycles. The molecular formula is C35H36FN3O4S. The Morgan fingerprint density at radius 2 is 1.95 bits per heavy atom. The van der Waals surface area contributed by atoms with Gasteiger partial charge in [0.1, 0.15) is 11.4 Å². The maximum absolute atomic E-state index is 13.7. The van der Waals surface area contributed by atoms with Crippen molar-refractivity contribution in [3.8, 4) is 10.9 Å². The molecule has 2 heterocycles. The molecule has 4 aliphatic rings. The van der Waals surface area contributed by atoms with E-state index in [1.54, 1.807) is 12.1 Å². The first-order valence-electron chi connectivity index (χ1n) is 15.6. The molecule has 228 valence electrons. The van der Waals surface area contributed by atoms with Crippen LogP contribution in [0.2, 0.25) is 0 Å². The molecule has 8 rings (SSSR count). The zero-order valence-corrected chi connectivity index (χ0v) is 25.7. The number of fused-ring (bicyclic) bond motifs is 7. The number of hydrogen-bond donors (Lipinski definition) is 2. The van der Waals surface area contributed by atoms with Gasteiger partial charge < -0.3 is 14.9 Å². The Labute approximate surface area is 259 Å². The number of thiazole rings is 1. The van der Waals surface area contributed by atoms with Crippen molar-refractivity contribution in [1.82, 2.24) is 14.8 Å². The number of rotatable bonds is 5. The van der Waals surface area contributed by atoms with E-state index < -0.39 is 17.1 Å². The second kappa shape index (κ2) is 9.80. The molecule has 2 N–H and O–H groups in total. The zero-order valence-electron chi connectivity index (χ0n) is 24.9. The number of halogens is 1. The molecule has 9 heteroatoms. The standard InChI is InChI=1S/C35H36FN3O4S/c1-33-16-20-18-37-39(23-10-8-22(36)9-11-23)27(20)15-21(33)7-12-24-25-13-14-35(42,34(25,2)17-28(40)31(24)33)30(41)19-43-32-38-26-5-3-4-6-29(26)44-32/h3-6,8-11,15,18,24-25,28,31,40,42H,7,12-14,16-17,19H2,1-2H3/t24?,25?,28-,31?,33?,34?,35-/m0/s1. The number of aliphatic hydroxyl groups excluding tert-OH is 1. The van der Waals surface area contributed by atoms with Gasteiger partial charge >= 0.3 is 0 Å². The smallest absolute Gasteiger partial charge is 0.274 e. The van der Waals surface area contributed by atoms with E-state index in [0.29, 0.717) is 18.0 Å². The molecule has 0 amide bonds. The largest absolute Gasteiger partial charge is 0.462 e. The van der Waals surface area contributed by atoms with Gasteiger partial charge in [-0.25, -0.2) is 14.1 Å². The number of benzene rings is 2. The third kappa shape index (κ3) is 3.95. The topological polar surface area (TPSA) is 97.5 Å². The number of Topliss-reactive ketones (excluding diaryl/α,β-unsaturated/α-hetero) is 1. The minimum absolute atomic E-state index is 0.0133. The highest BCUT2D eigenvalue weighted by atomic mass is 32.1. The number of allylic oxidation sites excluding steroid dienone is 1. The lowest BCUT2D eigenvalue weighted by Crippen LogP contribution is -2.62. The van der Waals surface area contributed by atoms with Gasteiger partial charge in [-0.05, 0) is 110 Å². The fourth-order valence-electron chi connectivity index (χ4n) is 9.60. The highest BCUT2D eigenvalue weighted by Gasteiger charge is 2.68. The van der Waals surface area contributed by atoms with Crippen LogP contribution in [0.5, 0.6) is 5.19 Å². The number of ketones is 1. The molecule has 3 fully saturated rings. The van der Waals surface area contributed by atoms with E-state index in [-0.39, 0.29) is 41.4 Å². The first-order chi connectivity index (χ1) is 21.1. The molecule has 0 bridgehead atoms. The maximum atomic E-state index is 13.7. The van der Waals surface area contributed by atoms with Gasteiger partial charge in [-0.2, -0.15) is 5.10 Å². The molecule has 4 aromatic rings. The van der Waals surface area contributed by atoms with E-state index in [1.807, 2.05) is 42.1 Å². The zero-order chi connectivity index (χ0) is 30.4. The van der Waals surface area contributed by atoms with Gasteiger partial charge in [-0.1, -0.05) is 42.9 Å². The summed E-state index contributed by atoms with van der Waals surface area (Å²) in [6.45, 7) is 4.05. The Bertz CT molecular complexity index is 1780. The van der Waals surface area contributed by atoms with Crippen LogP contribution in [0.1, 0.15) is 57.2 Å². The lowest BCUT2D eigenvalue weighted by Gasteiger charge is -2.60. The fourth-order valence-corrected chi connectivity index (χ4v) is 10.4. The van der Waals surface area contributed by atoms with E-state index in [2.05, 4.69) is 23.1 Å². The van der Waals surface area contributed by atoms with Crippen LogP contribution in [0.4, 0.5) is 4.39 Å². The molecular weight excluding hydrogens is 577 g/mol. The van der Waals surface area contributed by atoms with Crippen LogP contribution >= 0.6 is 11.3 Å². The van der Waals surface area contributed by atoms with Crippen LogP contribution in [-0.2, 0) is 11.2 Å². The van der Waals surface area contributed by atoms with Gasteiger partial charge in [0.2, 0.25) is 5.78 Å². The van der Waals surface area contributed by atoms with E-state index in [4.69, 9.17) is 4.74 Å². The number of para-hydroxylation sites is 1. The number of aromatic nitrogens is 3. The quantitative estimate of drug-likeness (QED) is 0.280. The lowest BCUT2D eigenvalue weighted by atomic mass is 9.45. The fraction of sp³-hybridized carbons (Fsp3) is 0.457. The maximum Gasteiger partial charge on any atom is 0.274 e. The Balaban J connectivity index is 1.05. The van der Waals surface area contributed by atoms with Gasteiger partial charge in [0.25, 0.3) is 5.19 Å². The van der Waals surface area contributed by atoms with Gasteiger partial charge in [0.05, 0.1) is 33.9 Å². The van der Waals surface area contributed by atoms with E-state index in [1.165, 1.54) is 29.0 Å². The van der Waals surface area contributed by atoms with Crippen LogP contribution in [0.25, 0.3) is 22.0 Å². The summed E-state index contributed by atoms with van der Waals surface area (Å²) in [5.74, 6) is -0.288. The molecule has 7 nitrogen and oxygen atoms in total. The number of carbonyl (C=O) groups is 1. The second-order valence-electron chi connectivity index (χ2n) is 13.8. The molecule has 44 heavy (non-hydrogen) atoms. The molecule has 2 aromatic carbocycles. The van der Waals surface area contributed by atoms with Crippen molar-refractivity contribution < 1.29 is 24.1 Å². The van der Waals surface area contributed by atoms with Crippen molar-refractivity contribution in [3.05, 3.63) is 77.4 Å². The summed E-state index contributed by atoms with van der Waals surface area (Å²) in [6, 6.07) is 14.1. The molecule has 0 spiro atoms. The number of hydrogen-bond acceptors (Lipinski definition) is 7. The summed E-state index contributed by atoms with van der Waals surface area (Å²) in [5.41, 5.74) is 2.53. The SMILES string of the molecule is CC12Cc3cnn(-c4ccc(F)cc4)c3C=C1CCC1C2[C@@H](O)CC2(C)C1CC[C@]2(O)C(=O)COc1nc2ccccc2s1. The second-order valence-corrected chi connectivity index (χ2v) is 14.8. The number of aliphatic hydroxyl groups is 2. The predicted octanol–water partition coefficient (Wildman–Crippen LogP) is 6.15. The monoisotopic (exact) mass is 613 g/mol. The van der Waals surface area contributed by atoms with Crippen LogP contribution in [0.15, 0.2) is 60.3 Å². The van der Waals surface area contributed by atoms with Crippen molar-refractivity contribution in [2.75, 3.05) is 6.61 Å². The predicted molar refractivity (Wildman–Crippen MR) is 166 cm³/mol. The summed E-state index contributed by atoms with van der Waals surface area (Å²) in [6.07, 6.45) is 7.51. The summed E-state index contributed by atoms with van der Waals surface area (Å²) in [7, 11) is 0. The molecule has 0 saturated heterocycles. The molecule has 4 aliphatic carbocycles. The molecule has 5 unspecified atom stereocenters. The lowest BCUT2D eigenvalue weighted by molar-refractivity contribution is -0.180. The van der Waals surface area contributed by atoms with E-state index in [0.717, 1.165) is 52.8 Å². The summed E-state index contributed by atoms with van der Waals surface area (Å²) < 4.78 is 22.3. The highest BCUT2D eigenvalue weighted by Crippen LogP contribution is 2.67. The Kier molecular flexibility index (Phi) is 6.26. The average Bonchev–Trinajstić information content (AvgIpc) is 3.68. The highest BCUT2D eigenvalue weighted by molar-refractivity contribution is 7.20. The number of ether oxygens (including phenoxy) is 1. The minimum atomic E-state index is -1.56. The molecule has 7 atom stereocenters. The van der Waals surface area contributed by atoms with Crippen LogP contribution in [-0.4, -0.2) is 49.1 Å². The summed E-state index contributed by atoms with van der Waals surface area (Å²) >= 11 is 1.39.